The lowest BCUT2D eigenvalue weighted by Gasteiger charge is -2.20. The molecule has 0 saturated heterocycles. The zero-order valence-corrected chi connectivity index (χ0v) is 15.6. The topological polar surface area (TPSA) is 79.7 Å². The van der Waals surface area contributed by atoms with Gasteiger partial charge in [-0.25, -0.2) is 13.8 Å². The monoisotopic (exact) mass is 457 g/mol. The van der Waals surface area contributed by atoms with Crippen LogP contribution in [0.15, 0.2) is 28.9 Å². The third kappa shape index (κ3) is 3.24. The van der Waals surface area contributed by atoms with E-state index in [0.717, 1.165) is 6.07 Å². The maximum Gasteiger partial charge on any atom is 0.399 e. The van der Waals surface area contributed by atoms with Gasteiger partial charge >= 0.3 is 13.3 Å². The molecule has 2 N–H and O–H groups in total. The second-order valence-corrected chi connectivity index (χ2v) is 8.67. The molecule has 5 nitrogen and oxygen atoms in total. The fourth-order valence-electron chi connectivity index (χ4n) is 2.60. The maximum absolute atomic E-state index is 14.0. The molecule has 1 aromatic carbocycles. The van der Waals surface area contributed by atoms with E-state index in [1.807, 2.05) is 0 Å². The Labute approximate surface area is 153 Å². The highest BCUT2D eigenvalue weighted by molar-refractivity contribution is 9.10. The summed E-state index contributed by atoms with van der Waals surface area (Å²) in [5.41, 5.74) is -5.28. The van der Waals surface area contributed by atoms with E-state index < -0.39 is 36.6 Å². The van der Waals surface area contributed by atoms with Crippen LogP contribution in [0.5, 0.6) is 5.88 Å². The van der Waals surface area contributed by atoms with Crippen molar-refractivity contribution in [3.05, 3.63) is 34.4 Å². The molecule has 1 fully saturated rings. The number of halogens is 5. The molecule has 142 valence electrons. The van der Waals surface area contributed by atoms with E-state index in [-0.39, 0.29) is 22.3 Å². The Morgan fingerprint density at radius 1 is 1.31 bits per heavy atom. The minimum absolute atomic E-state index is 0.0415. The van der Waals surface area contributed by atoms with Gasteiger partial charge in [0.05, 0.1) is 12.5 Å². The Hall–Kier alpha value is -1.22. The van der Waals surface area contributed by atoms with Crippen molar-refractivity contribution in [1.82, 2.24) is 4.98 Å². The summed E-state index contributed by atoms with van der Waals surface area (Å²) in [6, 6.07) is 3.40. The molecule has 1 aliphatic carbocycles. The van der Waals surface area contributed by atoms with Gasteiger partial charge in [0.1, 0.15) is 0 Å². The first-order valence-corrected chi connectivity index (χ1v) is 9.80. The summed E-state index contributed by atoms with van der Waals surface area (Å²) < 4.78 is 70.6. The van der Waals surface area contributed by atoms with Crippen molar-refractivity contribution < 1.29 is 36.7 Å². The van der Waals surface area contributed by atoms with E-state index in [0.29, 0.717) is 5.39 Å². The molecule has 2 aromatic rings. The minimum atomic E-state index is -5.74. The lowest BCUT2D eigenvalue weighted by Crippen LogP contribution is -2.14. The van der Waals surface area contributed by atoms with Crippen molar-refractivity contribution in [2.45, 2.75) is 18.5 Å². The highest BCUT2D eigenvalue weighted by Crippen LogP contribution is 2.60. The van der Waals surface area contributed by atoms with Crippen LogP contribution in [0.3, 0.4) is 0 Å². The summed E-state index contributed by atoms with van der Waals surface area (Å²) >= 11 is 2.88. The van der Waals surface area contributed by atoms with Crippen LogP contribution >= 0.6 is 23.5 Å². The predicted molar refractivity (Wildman–Crippen MR) is 88.5 cm³/mol. The van der Waals surface area contributed by atoms with Crippen molar-refractivity contribution in [3.8, 4) is 5.88 Å². The van der Waals surface area contributed by atoms with E-state index >= 15 is 0 Å². The third-order valence-electron chi connectivity index (χ3n) is 4.48. The Morgan fingerprint density at radius 2 is 1.92 bits per heavy atom. The largest absolute Gasteiger partial charge is 0.477 e. The van der Waals surface area contributed by atoms with Crippen LogP contribution in [-0.2, 0) is 10.2 Å². The summed E-state index contributed by atoms with van der Waals surface area (Å²) in [6.07, 6.45) is 1.29. The molecule has 11 heteroatoms. The van der Waals surface area contributed by atoms with Gasteiger partial charge in [0.2, 0.25) is 5.88 Å². The van der Waals surface area contributed by atoms with Gasteiger partial charge in [-0.2, -0.15) is 8.78 Å². The summed E-state index contributed by atoms with van der Waals surface area (Å²) in [7, 11) is -5.74. The van der Waals surface area contributed by atoms with Crippen LogP contribution < -0.4 is 4.74 Å². The summed E-state index contributed by atoms with van der Waals surface area (Å²) in [6.45, 7) is 1.13. The number of hydrogen-bond donors (Lipinski definition) is 2. The first-order valence-electron chi connectivity index (χ1n) is 7.39. The molecule has 1 aromatic heterocycles. The molecule has 3 rings (SSSR count). The predicted octanol–water partition coefficient (Wildman–Crippen LogP) is 4.50. The number of ether oxygens (including phenoxy) is 1. The van der Waals surface area contributed by atoms with Gasteiger partial charge in [0.15, 0.2) is 0 Å². The molecule has 1 saturated carbocycles. The number of fused-ring (bicyclic) bond motifs is 1. The minimum Gasteiger partial charge on any atom is -0.477 e. The molecular weight excluding hydrogens is 445 g/mol. The van der Waals surface area contributed by atoms with E-state index in [9.17, 15) is 22.1 Å². The Bertz CT molecular complexity index is 920. The van der Waals surface area contributed by atoms with Crippen LogP contribution in [0.1, 0.15) is 12.5 Å². The second kappa shape index (κ2) is 6.15. The Kier molecular flexibility index (Phi) is 4.62. The lowest BCUT2D eigenvalue weighted by atomic mass is 10.1. The van der Waals surface area contributed by atoms with Gasteiger partial charge in [-0.3, -0.25) is 4.57 Å². The molecule has 1 heterocycles. The fourth-order valence-corrected chi connectivity index (χ4v) is 3.86. The van der Waals surface area contributed by atoms with Crippen LogP contribution in [0, 0.1) is 11.8 Å². The average molecular weight is 458 g/mol. The number of benzene rings is 1. The molecule has 0 spiro atoms. The Balaban J connectivity index is 1.91. The van der Waals surface area contributed by atoms with Gasteiger partial charge in [-0.1, -0.05) is 22.9 Å². The standard InChI is InChI=1S/C15H13BrF4NO4P/c1-7-11(14(7,17)18)6-25-13-4-8-2-10(15(19,20)26(22,23)24)12(16)3-9(8)5-21-13/h2-5,7,11H,6H2,1H3,(H2,22,23,24)/t7-,11-/m0/s1. The van der Waals surface area contributed by atoms with Gasteiger partial charge in [0, 0.05) is 33.6 Å². The molecule has 0 bridgehead atoms. The normalized spacial score (nSPS) is 22.5. The van der Waals surface area contributed by atoms with Crippen LogP contribution in [-0.4, -0.2) is 27.3 Å². The van der Waals surface area contributed by atoms with Gasteiger partial charge in [-0.05, 0) is 17.5 Å². The smallest absolute Gasteiger partial charge is 0.399 e. The van der Waals surface area contributed by atoms with Crippen molar-refractivity contribution in [1.29, 1.82) is 0 Å². The molecule has 0 radical (unpaired) electrons. The van der Waals surface area contributed by atoms with E-state index in [2.05, 4.69) is 20.9 Å². The fraction of sp³-hybridized carbons (Fsp3) is 0.400. The van der Waals surface area contributed by atoms with Crippen molar-refractivity contribution in [2.24, 2.45) is 11.8 Å². The maximum atomic E-state index is 14.0. The lowest BCUT2D eigenvalue weighted by molar-refractivity contribution is 0.0558. The number of aromatic nitrogens is 1. The highest BCUT2D eigenvalue weighted by Gasteiger charge is 2.65. The molecular formula is C15H13BrF4NO4P. The Morgan fingerprint density at radius 3 is 2.46 bits per heavy atom. The number of pyridine rings is 1. The second-order valence-electron chi connectivity index (χ2n) is 6.17. The molecule has 0 unspecified atom stereocenters. The SMILES string of the molecule is C[C@H]1[C@H](COc2cc3cc(C(F)(F)P(=O)(O)O)c(Br)cc3cn2)C1(F)F. The number of rotatable bonds is 5. The number of alkyl halides is 4. The van der Waals surface area contributed by atoms with Crippen LogP contribution in [0.4, 0.5) is 17.6 Å². The van der Waals surface area contributed by atoms with E-state index in [1.165, 1.54) is 25.3 Å². The number of nitrogens with zero attached hydrogens (tertiary/aromatic N) is 1. The average Bonchev–Trinajstić information content (AvgIpc) is 3.00. The van der Waals surface area contributed by atoms with Crippen LogP contribution in [0.2, 0.25) is 0 Å². The molecule has 2 atom stereocenters. The van der Waals surface area contributed by atoms with Gasteiger partial charge in [0.25, 0.3) is 5.92 Å². The summed E-state index contributed by atoms with van der Waals surface area (Å²) in [5, 5.41) is 0.580. The van der Waals surface area contributed by atoms with Crippen LogP contribution in [0.25, 0.3) is 10.8 Å². The molecule has 0 aliphatic heterocycles. The summed E-state index contributed by atoms with van der Waals surface area (Å²) in [5.74, 6) is -4.56. The highest BCUT2D eigenvalue weighted by atomic mass is 79.9. The van der Waals surface area contributed by atoms with Gasteiger partial charge in [-0.15, -0.1) is 0 Å². The zero-order valence-electron chi connectivity index (χ0n) is 13.2. The molecule has 1 aliphatic rings. The first-order chi connectivity index (χ1) is 11.9. The number of hydrogen-bond acceptors (Lipinski definition) is 3. The van der Waals surface area contributed by atoms with Crippen molar-refractivity contribution in [3.63, 3.8) is 0 Å². The van der Waals surface area contributed by atoms with E-state index in [1.54, 1.807) is 0 Å². The third-order valence-corrected chi connectivity index (χ3v) is 6.11. The quantitative estimate of drug-likeness (QED) is 0.510. The van der Waals surface area contributed by atoms with Crippen molar-refractivity contribution in [2.75, 3.05) is 6.61 Å². The van der Waals surface area contributed by atoms with E-state index in [4.69, 9.17) is 14.5 Å². The summed E-state index contributed by atoms with van der Waals surface area (Å²) in [4.78, 5) is 21.7. The molecule has 0 amide bonds. The zero-order chi connectivity index (χ0) is 19.5. The van der Waals surface area contributed by atoms with Gasteiger partial charge < -0.3 is 14.5 Å². The first kappa shape index (κ1) is 19.5. The van der Waals surface area contributed by atoms with Crippen molar-refractivity contribution >= 4 is 34.3 Å². The molecule has 26 heavy (non-hydrogen) atoms.